The van der Waals surface area contributed by atoms with E-state index in [0.29, 0.717) is 37.2 Å². The molecular formula is C22H27F2N3O2S. The number of carbonyl (C=O) groups excluding carboxylic acids is 2. The second kappa shape index (κ2) is 10.6. The fourth-order valence-electron chi connectivity index (χ4n) is 3.80. The molecule has 0 unspecified atom stereocenters. The Kier molecular flexibility index (Phi) is 7.93. The topological polar surface area (TPSA) is 52.6 Å². The third-order valence-electron chi connectivity index (χ3n) is 5.46. The third-order valence-corrected chi connectivity index (χ3v) is 6.33. The van der Waals surface area contributed by atoms with Crippen molar-refractivity contribution in [3.05, 3.63) is 58.3 Å². The van der Waals surface area contributed by atoms with E-state index in [0.717, 1.165) is 5.56 Å². The number of nitrogens with zero attached hydrogens (tertiary/aromatic N) is 2. The smallest absolute Gasteiger partial charge is 0.262 e. The van der Waals surface area contributed by atoms with Crippen molar-refractivity contribution in [2.45, 2.75) is 37.8 Å². The molecule has 1 aliphatic rings. The molecule has 2 amide bonds. The average Bonchev–Trinajstić information content (AvgIpc) is 3.28. The van der Waals surface area contributed by atoms with Gasteiger partial charge in [0.1, 0.15) is 6.04 Å². The molecule has 1 saturated heterocycles. The maximum absolute atomic E-state index is 13.2. The Morgan fingerprint density at radius 2 is 1.87 bits per heavy atom. The van der Waals surface area contributed by atoms with Crippen LogP contribution in [0.15, 0.2) is 47.8 Å². The molecule has 1 N–H and O–H groups in total. The van der Waals surface area contributed by atoms with Gasteiger partial charge in [0.15, 0.2) is 0 Å². The monoisotopic (exact) mass is 435 g/mol. The Labute approximate surface area is 179 Å². The lowest BCUT2D eigenvalue weighted by Gasteiger charge is -2.38. The summed E-state index contributed by atoms with van der Waals surface area (Å²) >= 11 is 1.33. The maximum atomic E-state index is 13.2. The van der Waals surface area contributed by atoms with Crippen molar-refractivity contribution >= 4 is 23.2 Å². The SMILES string of the molecule is CN(CC(F)F)C1CCN(C(=O)[C@H](Cc2ccccc2)NC(=O)c2cccs2)CC1. The molecule has 0 saturated carbocycles. The number of hydrogen-bond acceptors (Lipinski definition) is 4. The summed E-state index contributed by atoms with van der Waals surface area (Å²) in [6.45, 7) is 0.737. The van der Waals surface area contributed by atoms with Crippen LogP contribution in [0.2, 0.25) is 0 Å². The first-order chi connectivity index (χ1) is 14.4. The number of alkyl halides is 2. The van der Waals surface area contributed by atoms with E-state index in [-0.39, 0.29) is 24.4 Å². The van der Waals surface area contributed by atoms with Gasteiger partial charge in [0, 0.05) is 25.6 Å². The summed E-state index contributed by atoms with van der Waals surface area (Å²) < 4.78 is 25.3. The lowest BCUT2D eigenvalue weighted by Crippen LogP contribution is -2.53. The highest BCUT2D eigenvalue weighted by atomic mass is 32.1. The van der Waals surface area contributed by atoms with Gasteiger partial charge in [-0.1, -0.05) is 36.4 Å². The van der Waals surface area contributed by atoms with E-state index in [1.165, 1.54) is 11.3 Å². The number of hydrogen-bond donors (Lipinski definition) is 1. The molecule has 0 radical (unpaired) electrons. The van der Waals surface area contributed by atoms with Crippen LogP contribution in [0, 0.1) is 0 Å². The Hall–Kier alpha value is -2.32. The van der Waals surface area contributed by atoms with Crippen molar-refractivity contribution in [1.82, 2.24) is 15.1 Å². The Bertz CT molecular complexity index is 809. The normalized spacial score (nSPS) is 16.1. The van der Waals surface area contributed by atoms with Crippen molar-refractivity contribution in [2.24, 2.45) is 0 Å². The summed E-state index contributed by atoms with van der Waals surface area (Å²) in [6, 6.07) is 12.5. The van der Waals surface area contributed by atoms with E-state index in [1.807, 2.05) is 35.7 Å². The quantitative estimate of drug-likeness (QED) is 0.693. The van der Waals surface area contributed by atoms with E-state index >= 15 is 0 Å². The standard InChI is InChI=1S/C22H27F2N3O2S/c1-26(15-20(23)24)17-9-11-27(12-10-17)22(29)18(14-16-6-3-2-4-7-16)25-21(28)19-8-5-13-30-19/h2-8,13,17-18,20H,9-12,14-15H2,1H3,(H,25,28)/t18-/m0/s1. The molecule has 5 nitrogen and oxygen atoms in total. The van der Waals surface area contributed by atoms with E-state index in [4.69, 9.17) is 0 Å². The van der Waals surface area contributed by atoms with E-state index in [1.54, 1.807) is 29.0 Å². The molecule has 0 bridgehead atoms. The molecule has 0 spiro atoms. The molecule has 2 aromatic rings. The summed E-state index contributed by atoms with van der Waals surface area (Å²) in [5.74, 6) is -0.385. The number of carbonyl (C=O) groups is 2. The predicted octanol–water partition coefficient (Wildman–Crippen LogP) is 3.28. The molecule has 2 heterocycles. The van der Waals surface area contributed by atoms with Gasteiger partial charge in [-0.15, -0.1) is 11.3 Å². The average molecular weight is 436 g/mol. The highest BCUT2D eigenvalue weighted by molar-refractivity contribution is 7.12. The van der Waals surface area contributed by atoms with Crippen LogP contribution in [0.5, 0.6) is 0 Å². The summed E-state index contributed by atoms with van der Waals surface area (Å²) in [5, 5.41) is 4.72. The minimum absolute atomic E-state index is 0.0383. The number of halogens is 2. The van der Waals surface area contributed by atoms with E-state index in [2.05, 4.69) is 5.32 Å². The van der Waals surface area contributed by atoms with Gasteiger partial charge in [-0.25, -0.2) is 8.78 Å². The maximum Gasteiger partial charge on any atom is 0.262 e. The van der Waals surface area contributed by atoms with Crippen LogP contribution >= 0.6 is 11.3 Å². The largest absolute Gasteiger partial charge is 0.341 e. The summed E-state index contributed by atoms with van der Waals surface area (Å²) in [6.07, 6.45) is -0.669. The van der Waals surface area contributed by atoms with Crippen molar-refractivity contribution < 1.29 is 18.4 Å². The van der Waals surface area contributed by atoms with Gasteiger partial charge in [-0.05, 0) is 36.9 Å². The zero-order chi connectivity index (χ0) is 21.5. The first-order valence-corrected chi connectivity index (χ1v) is 11.0. The van der Waals surface area contributed by atoms with E-state index in [9.17, 15) is 18.4 Å². The summed E-state index contributed by atoms with van der Waals surface area (Å²) in [7, 11) is 1.70. The number of piperidine rings is 1. The Balaban J connectivity index is 1.65. The lowest BCUT2D eigenvalue weighted by atomic mass is 10.0. The first-order valence-electron chi connectivity index (χ1n) is 10.1. The number of benzene rings is 1. The molecular weight excluding hydrogens is 408 g/mol. The van der Waals surface area contributed by atoms with Gasteiger partial charge in [0.2, 0.25) is 5.91 Å². The molecule has 1 aromatic carbocycles. The zero-order valence-corrected chi connectivity index (χ0v) is 17.8. The number of rotatable bonds is 8. The third kappa shape index (κ3) is 6.09. The van der Waals surface area contributed by atoms with Crippen molar-refractivity contribution in [2.75, 3.05) is 26.7 Å². The van der Waals surface area contributed by atoms with Crippen LogP contribution in [-0.4, -0.2) is 66.8 Å². The van der Waals surface area contributed by atoms with Crippen LogP contribution in [-0.2, 0) is 11.2 Å². The summed E-state index contributed by atoms with van der Waals surface area (Å²) in [5.41, 5.74) is 0.967. The molecule has 8 heteroatoms. The van der Waals surface area contributed by atoms with Crippen LogP contribution in [0.1, 0.15) is 28.1 Å². The second-order valence-corrected chi connectivity index (χ2v) is 8.53. The molecule has 30 heavy (non-hydrogen) atoms. The number of amides is 2. The van der Waals surface area contributed by atoms with Gasteiger partial charge >= 0.3 is 0 Å². The Morgan fingerprint density at radius 3 is 2.47 bits per heavy atom. The predicted molar refractivity (Wildman–Crippen MR) is 114 cm³/mol. The Morgan fingerprint density at radius 1 is 1.17 bits per heavy atom. The highest BCUT2D eigenvalue weighted by Crippen LogP contribution is 2.18. The van der Waals surface area contributed by atoms with Crippen molar-refractivity contribution in [3.8, 4) is 0 Å². The molecule has 1 aromatic heterocycles. The minimum atomic E-state index is -2.36. The van der Waals surface area contributed by atoms with Gasteiger partial charge in [-0.2, -0.15) is 0 Å². The van der Waals surface area contributed by atoms with Gasteiger partial charge < -0.3 is 10.2 Å². The minimum Gasteiger partial charge on any atom is -0.341 e. The zero-order valence-electron chi connectivity index (χ0n) is 17.0. The number of thiophene rings is 1. The van der Waals surface area contributed by atoms with Gasteiger partial charge in [0.25, 0.3) is 12.3 Å². The van der Waals surface area contributed by atoms with Gasteiger partial charge in [0.05, 0.1) is 11.4 Å². The summed E-state index contributed by atoms with van der Waals surface area (Å²) in [4.78, 5) is 29.8. The lowest BCUT2D eigenvalue weighted by molar-refractivity contribution is -0.134. The highest BCUT2D eigenvalue weighted by Gasteiger charge is 2.31. The molecule has 1 aliphatic heterocycles. The molecule has 0 aliphatic carbocycles. The fraction of sp³-hybridized carbons (Fsp3) is 0.455. The second-order valence-electron chi connectivity index (χ2n) is 7.58. The number of likely N-dealkylation sites (tertiary alicyclic amines) is 1. The fourth-order valence-corrected chi connectivity index (χ4v) is 4.43. The van der Waals surface area contributed by atoms with Crippen molar-refractivity contribution in [3.63, 3.8) is 0 Å². The van der Waals surface area contributed by atoms with Crippen LogP contribution < -0.4 is 5.32 Å². The molecule has 162 valence electrons. The van der Waals surface area contributed by atoms with E-state index < -0.39 is 12.5 Å². The first kappa shape index (κ1) is 22.4. The van der Waals surface area contributed by atoms with Crippen LogP contribution in [0.25, 0.3) is 0 Å². The van der Waals surface area contributed by atoms with Crippen LogP contribution in [0.4, 0.5) is 8.78 Å². The number of nitrogens with one attached hydrogen (secondary N) is 1. The van der Waals surface area contributed by atoms with Gasteiger partial charge in [-0.3, -0.25) is 14.5 Å². The molecule has 1 fully saturated rings. The van der Waals surface area contributed by atoms with Crippen molar-refractivity contribution in [1.29, 1.82) is 0 Å². The van der Waals surface area contributed by atoms with Crippen LogP contribution in [0.3, 0.4) is 0 Å². The molecule has 3 rings (SSSR count). The molecule has 1 atom stereocenters.